The molecule has 0 heterocycles. The largest absolute Gasteiger partial charge is 0.491 e. The molecule has 7 nitrogen and oxygen atoms in total. The van der Waals surface area contributed by atoms with Crippen molar-refractivity contribution in [1.29, 1.82) is 0 Å². The molecular weight excluding hydrogens is 404 g/mol. The molecule has 0 saturated heterocycles. The minimum atomic E-state index is -3.89. The Labute approximate surface area is 175 Å². The summed E-state index contributed by atoms with van der Waals surface area (Å²) in [5.74, 6) is 0.120. The van der Waals surface area contributed by atoms with Crippen molar-refractivity contribution in [2.45, 2.75) is 4.90 Å². The van der Waals surface area contributed by atoms with Crippen molar-refractivity contribution in [2.75, 3.05) is 30.4 Å². The van der Waals surface area contributed by atoms with E-state index in [1.807, 2.05) is 6.07 Å². The van der Waals surface area contributed by atoms with Crippen LogP contribution in [0.5, 0.6) is 5.75 Å². The molecule has 3 aromatic carbocycles. The molecule has 0 unspecified atom stereocenters. The van der Waals surface area contributed by atoms with Crippen LogP contribution in [0.3, 0.4) is 0 Å². The number of amides is 1. The van der Waals surface area contributed by atoms with Crippen molar-refractivity contribution in [1.82, 2.24) is 0 Å². The molecule has 156 valence electrons. The number of nitrogens with one attached hydrogen (secondary N) is 2. The number of ether oxygens (including phenoxy) is 2. The number of hydrogen-bond donors (Lipinski definition) is 2. The third-order valence-electron chi connectivity index (χ3n) is 4.14. The van der Waals surface area contributed by atoms with Gasteiger partial charge in [0.2, 0.25) is 0 Å². The molecule has 0 aromatic heterocycles. The summed E-state index contributed by atoms with van der Waals surface area (Å²) in [7, 11) is -2.32. The summed E-state index contributed by atoms with van der Waals surface area (Å²) in [5, 5.41) is 2.76. The van der Waals surface area contributed by atoms with Crippen LogP contribution in [0.4, 0.5) is 11.4 Å². The summed E-state index contributed by atoms with van der Waals surface area (Å²) >= 11 is 0. The van der Waals surface area contributed by atoms with E-state index in [1.165, 1.54) is 12.1 Å². The minimum absolute atomic E-state index is 0.0554. The van der Waals surface area contributed by atoms with Crippen LogP contribution in [-0.4, -0.2) is 34.6 Å². The maximum Gasteiger partial charge on any atom is 0.261 e. The Hall–Kier alpha value is -3.36. The maximum absolute atomic E-state index is 12.8. The second-order valence-corrected chi connectivity index (χ2v) is 7.97. The highest BCUT2D eigenvalue weighted by atomic mass is 32.2. The summed E-state index contributed by atoms with van der Waals surface area (Å²) in [6, 6.07) is 21.4. The summed E-state index contributed by atoms with van der Waals surface area (Å²) in [4.78, 5) is 12.7. The van der Waals surface area contributed by atoms with Gasteiger partial charge in [-0.1, -0.05) is 30.3 Å². The molecule has 0 aliphatic rings. The van der Waals surface area contributed by atoms with Crippen LogP contribution in [0.15, 0.2) is 83.8 Å². The number of benzene rings is 3. The van der Waals surface area contributed by atoms with Crippen LogP contribution in [0.1, 0.15) is 10.4 Å². The van der Waals surface area contributed by atoms with Crippen molar-refractivity contribution < 1.29 is 22.7 Å². The van der Waals surface area contributed by atoms with Gasteiger partial charge in [0.25, 0.3) is 15.9 Å². The molecule has 30 heavy (non-hydrogen) atoms. The number of methoxy groups -OCH3 is 1. The van der Waals surface area contributed by atoms with E-state index < -0.39 is 15.9 Å². The molecular formula is C22H22N2O5S. The van der Waals surface area contributed by atoms with E-state index in [-0.39, 0.29) is 16.1 Å². The zero-order chi connectivity index (χ0) is 21.4. The van der Waals surface area contributed by atoms with Gasteiger partial charge in [-0.25, -0.2) is 8.42 Å². The van der Waals surface area contributed by atoms with Crippen molar-refractivity contribution in [2.24, 2.45) is 0 Å². The average molecular weight is 426 g/mol. The number of sulfonamides is 1. The molecule has 3 rings (SSSR count). The quantitative estimate of drug-likeness (QED) is 0.508. The first kappa shape index (κ1) is 21.4. The average Bonchev–Trinajstić information content (AvgIpc) is 2.75. The van der Waals surface area contributed by atoms with Gasteiger partial charge in [0.05, 0.1) is 22.8 Å². The first-order valence-electron chi connectivity index (χ1n) is 9.19. The predicted octanol–water partition coefficient (Wildman–Crippen LogP) is 3.76. The molecule has 8 heteroatoms. The Bertz CT molecular complexity index is 1080. The van der Waals surface area contributed by atoms with Crippen molar-refractivity contribution >= 4 is 27.3 Å². The summed E-state index contributed by atoms with van der Waals surface area (Å²) < 4.78 is 38.5. The van der Waals surface area contributed by atoms with Crippen LogP contribution < -0.4 is 14.8 Å². The highest BCUT2D eigenvalue weighted by Gasteiger charge is 2.19. The molecule has 3 aromatic rings. The lowest BCUT2D eigenvalue weighted by Gasteiger charge is -2.13. The Kier molecular flexibility index (Phi) is 7.05. The molecule has 0 fully saturated rings. The molecule has 1 amide bonds. The van der Waals surface area contributed by atoms with Gasteiger partial charge in [0, 0.05) is 12.8 Å². The van der Waals surface area contributed by atoms with Crippen LogP contribution >= 0.6 is 0 Å². The van der Waals surface area contributed by atoms with Crippen molar-refractivity contribution in [3.8, 4) is 5.75 Å². The van der Waals surface area contributed by atoms with Crippen LogP contribution in [0, 0.1) is 0 Å². The van der Waals surface area contributed by atoms with Crippen molar-refractivity contribution in [3.63, 3.8) is 0 Å². The topological polar surface area (TPSA) is 93.7 Å². The molecule has 0 aliphatic heterocycles. The number of para-hydroxylation sites is 2. The van der Waals surface area contributed by atoms with E-state index >= 15 is 0 Å². The lowest BCUT2D eigenvalue weighted by atomic mass is 10.1. The van der Waals surface area contributed by atoms with Crippen molar-refractivity contribution in [3.05, 3.63) is 84.4 Å². The third kappa shape index (κ3) is 5.59. The van der Waals surface area contributed by atoms with Gasteiger partial charge in [-0.15, -0.1) is 0 Å². The van der Waals surface area contributed by atoms with Crippen LogP contribution in [0.25, 0.3) is 0 Å². The third-order valence-corrected chi connectivity index (χ3v) is 5.52. The van der Waals surface area contributed by atoms with E-state index in [9.17, 15) is 13.2 Å². The highest BCUT2D eigenvalue weighted by Crippen LogP contribution is 2.23. The Balaban J connectivity index is 1.76. The van der Waals surface area contributed by atoms with Gasteiger partial charge in [-0.2, -0.15) is 0 Å². The number of carbonyl (C=O) groups is 1. The number of hydrogen-bond acceptors (Lipinski definition) is 5. The maximum atomic E-state index is 12.8. The molecule has 0 spiro atoms. The van der Waals surface area contributed by atoms with Gasteiger partial charge in [-0.05, 0) is 48.5 Å². The lowest BCUT2D eigenvalue weighted by Crippen LogP contribution is -2.18. The Morgan fingerprint density at radius 2 is 1.53 bits per heavy atom. The lowest BCUT2D eigenvalue weighted by molar-refractivity contribution is 0.102. The summed E-state index contributed by atoms with van der Waals surface area (Å²) in [6.07, 6.45) is 0. The molecule has 0 radical (unpaired) electrons. The second kappa shape index (κ2) is 9.91. The zero-order valence-electron chi connectivity index (χ0n) is 16.4. The normalized spacial score (nSPS) is 11.0. The second-order valence-electron chi connectivity index (χ2n) is 6.28. The van der Waals surface area contributed by atoms with E-state index in [0.29, 0.717) is 24.7 Å². The fourth-order valence-corrected chi connectivity index (χ4v) is 3.73. The fourth-order valence-electron chi connectivity index (χ4n) is 2.65. The van der Waals surface area contributed by atoms with Crippen LogP contribution in [-0.2, 0) is 14.8 Å². The summed E-state index contributed by atoms with van der Waals surface area (Å²) in [5.41, 5.74) is 1.01. The summed E-state index contributed by atoms with van der Waals surface area (Å²) in [6.45, 7) is 0.800. The first-order chi connectivity index (χ1) is 14.5. The van der Waals surface area contributed by atoms with Gasteiger partial charge < -0.3 is 14.8 Å². The van der Waals surface area contributed by atoms with Gasteiger partial charge in [0.15, 0.2) is 0 Å². The molecule has 0 atom stereocenters. The Morgan fingerprint density at radius 1 is 0.867 bits per heavy atom. The first-order valence-corrected chi connectivity index (χ1v) is 10.7. The van der Waals surface area contributed by atoms with Gasteiger partial charge >= 0.3 is 0 Å². The molecule has 2 N–H and O–H groups in total. The SMILES string of the molecule is COCCOc1ccc(S(=O)(=O)Nc2ccccc2C(=O)Nc2ccccc2)cc1. The predicted molar refractivity (Wildman–Crippen MR) is 115 cm³/mol. The zero-order valence-corrected chi connectivity index (χ0v) is 17.2. The number of rotatable bonds is 9. The smallest absolute Gasteiger partial charge is 0.261 e. The van der Waals surface area contributed by atoms with Crippen LogP contribution in [0.2, 0.25) is 0 Å². The number of anilines is 2. The van der Waals surface area contributed by atoms with Gasteiger partial charge in [-0.3, -0.25) is 9.52 Å². The van der Waals surface area contributed by atoms with E-state index in [2.05, 4.69) is 10.0 Å². The van der Waals surface area contributed by atoms with E-state index in [4.69, 9.17) is 9.47 Å². The molecule has 0 saturated carbocycles. The number of carbonyl (C=O) groups excluding carboxylic acids is 1. The standard InChI is InChI=1S/C22H22N2O5S/c1-28-15-16-29-18-11-13-19(14-12-18)30(26,27)24-21-10-6-5-9-20(21)22(25)23-17-7-3-2-4-8-17/h2-14,24H,15-16H2,1H3,(H,23,25). The van der Waals surface area contributed by atoms with E-state index in [1.54, 1.807) is 67.8 Å². The molecule has 0 aliphatic carbocycles. The Morgan fingerprint density at radius 3 is 2.23 bits per heavy atom. The van der Waals surface area contributed by atoms with Gasteiger partial charge in [0.1, 0.15) is 12.4 Å². The minimum Gasteiger partial charge on any atom is -0.491 e. The molecule has 0 bridgehead atoms. The highest BCUT2D eigenvalue weighted by molar-refractivity contribution is 7.92. The monoisotopic (exact) mass is 426 g/mol. The fraction of sp³-hybridized carbons (Fsp3) is 0.136. The van der Waals surface area contributed by atoms with E-state index in [0.717, 1.165) is 0 Å².